The average Bonchev–Trinajstić information content (AvgIpc) is 2.28. The van der Waals surface area contributed by atoms with Gasteiger partial charge in [0.2, 0.25) is 10.0 Å². The zero-order chi connectivity index (χ0) is 13.8. The van der Waals surface area contributed by atoms with Gasteiger partial charge < -0.3 is 10.6 Å². The number of rotatable bonds is 6. The Hall–Kier alpha value is -0.950. The van der Waals surface area contributed by atoms with Crippen molar-refractivity contribution >= 4 is 10.0 Å². The molecular formula is C12H21N3O2S. The van der Waals surface area contributed by atoms with Crippen LogP contribution >= 0.6 is 0 Å². The van der Waals surface area contributed by atoms with Crippen LogP contribution in [0.1, 0.15) is 12.5 Å². The second-order valence-corrected chi connectivity index (χ2v) is 6.35. The molecule has 0 aliphatic carbocycles. The molecule has 18 heavy (non-hydrogen) atoms. The number of hydrogen-bond acceptors (Lipinski definition) is 4. The van der Waals surface area contributed by atoms with Crippen molar-refractivity contribution in [3.05, 3.63) is 29.8 Å². The van der Waals surface area contributed by atoms with E-state index in [1.807, 2.05) is 31.1 Å². The summed E-state index contributed by atoms with van der Waals surface area (Å²) in [6.07, 6.45) is 0. The lowest BCUT2D eigenvalue weighted by Gasteiger charge is -2.13. The number of hydrogen-bond donors (Lipinski definition) is 2. The number of nitrogens with two attached hydrogens (primary N) is 1. The lowest BCUT2D eigenvalue weighted by atomic mass is 10.2. The molecule has 3 N–H and O–H groups in total. The fourth-order valence-electron chi connectivity index (χ4n) is 1.52. The molecule has 102 valence electrons. The Kier molecular flexibility index (Phi) is 5.28. The Labute approximate surface area is 109 Å². The number of sulfonamides is 1. The van der Waals surface area contributed by atoms with E-state index in [-0.39, 0.29) is 17.5 Å². The molecule has 1 rings (SSSR count). The van der Waals surface area contributed by atoms with E-state index in [0.29, 0.717) is 0 Å². The number of benzene rings is 1. The van der Waals surface area contributed by atoms with Crippen LogP contribution < -0.4 is 10.5 Å². The van der Waals surface area contributed by atoms with Crippen LogP contribution in [0.3, 0.4) is 0 Å². The highest BCUT2D eigenvalue weighted by atomic mass is 32.2. The maximum Gasteiger partial charge on any atom is 0.240 e. The molecule has 1 atom stereocenters. The molecule has 1 aromatic rings. The third-order valence-corrected chi connectivity index (χ3v) is 4.05. The zero-order valence-electron chi connectivity index (χ0n) is 11.1. The number of nitrogens with zero attached hydrogens (tertiary/aromatic N) is 1. The van der Waals surface area contributed by atoms with Gasteiger partial charge in [0.25, 0.3) is 0 Å². The van der Waals surface area contributed by atoms with Crippen LogP contribution in [-0.4, -0.2) is 40.0 Å². The van der Waals surface area contributed by atoms with Crippen molar-refractivity contribution in [1.82, 2.24) is 9.62 Å². The Balaban J connectivity index is 2.84. The predicted molar refractivity (Wildman–Crippen MR) is 72.7 cm³/mol. The summed E-state index contributed by atoms with van der Waals surface area (Å²) in [5.74, 6) is 0. The van der Waals surface area contributed by atoms with Gasteiger partial charge in [-0.3, -0.25) is 0 Å². The molecule has 1 aromatic carbocycles. The van der Waals surface area contributed by atoms with Crippen molar-refractivity contribution < 1.29 is 8.42 Å². The summed E-state index contributed by atoms with van der Waals surface area (Å²) in [5.41, 5.74) is 6.48. The van der Waals surface area contributed by atoms with Crippen molar-refractivity contribution in [3.63, 3.8) is 0 Å². The monoisotopic (exact) mass is 271 g/mol. The molecule has 0 bridgehead atoms. The summed E-state index contributed by atoms with van der Waals surface area (Å²) in [5, 5.41) is 0. The van der Waals surface area contributed by atoms with Gasteiger partial charge in [0, 0.05) is 19.1 Å². The van der Waals surface area contributed by atoms with Gasteiger partial charge in [0.1, 0.15) is 0 Å². The van der Waals surface area contributed by atoms with E-state index in [9.17, 15) is 8.42 Å². The fraction of sp³-hybridized carbons (Fsp3) is 0.500. The summed E-state index contributed by atoms with van der Waals surface area (Å²) in [6, 6.07) is 6.61. The van der Waals surface area contributed by atoms with Crippen molar-refractivity contribution in [3.8, 4) is 0 Å². The van der Waals surface area contributed by atoms with Crippen LogP contribution in [0.4, 0.5) is 0 Å². The first-order valence-corrected chi connectivity index (χ1v) is 7.29. The summed E-state index contributed by atoms with van der Waals surface area (Å²) >= 11 is 0. The van der Waals surface area contributed by atoms with E-state index in [2.05, 4.69) is 4.72 Å². The maximum absolute atomic E-state index is 12.0. The average molecular weight is 271 g/mol. The van der Waals surface area contributed by atoms with E-state index < -0.39 is 10.0 Å². The van der Waals surface area contributed by atoms with Gasteiger partial charge in [-0.2, -0.15) is 0 Å². The maximum atomic E-state index is 12.0. The summed E-state index contributed by atoms with van der Waals surface area (Å²) in [4.78, 5) is 2.29. The zero-order valence-corrected chi connectivity index (χ0v) is 11.9. The van der Waals surface area contributed by atoms with Gasteiger partial charge in [-0.25, -0.2) is 13.1 Å². The second kappa shape index (κ2) is 6.29. The number of nitrogens with one attached hydrogen (secondary N) is 1. The fourth-order valence-corrected chi connectivity index (χ4v) is 2.78. The molecular weight excluding hydrogens is 250 g/mol. The third kappa shape index (κ3) is 4.38. The van der Waals surface area contributed by atoms with Crippen LogP contribution in [0.15, 0.2) is 29.2 Å². The van der Waals surface area contributed by atoms with E-state index in [0.717, 1.165) is 12.1 Å². The van der Waals surface area contributed by atoms with Gasteiger partial charge in [0.05, 0.1) is 4.90 Å². The van der Waals surface area contributed by atoms with Gasteiger partial charge >= 0.3 is 0 Å². The topological polar surface area (TPSA) is 75.4 Å². The van der Waals surface area contributed by atoms with E-state index in [1.165, 1.54) is 0 Å². The molecule has 5 nitrogen and oxygen atoms in total. The van der Waals surface area contributed by atoms with E-state index in [1.54, 1.807) is 19.1 Å². The normalized spacial score (nSPS) is 13.8. The highest BCUT2D eigenvalue weighted by Gasteiger charge is 2.16. The minimum atomic E-state index is -3.46. The highest BCUT2D eigenvalue weighted by molar-refractivity contribution is 7.89. The quantitative estimate of drug-likeness (QED) is 0.784. The van der Waals surface area contributed by atoms with Crippen LogP contribution in [0.5, 0.6) is 0 Å². The first-order valence-electron chi connectivity index (χ1n) is 5.81. The minimum Gasteiger partial charge on any atom is -0.329 e. The molecule has 0 aliphatic heterocycles. The van der Waals surface area contributed by atoms with Crippen molar-refractivity contribution in [2.75, 3.05) is 20.6 Å². The Morgan fingerprint density at radius 2 is 1.83 bits per heavy atom. The van der Waals surface area contributed by atoms with E-state index in [4.69, 9.17) is 5.73 Å². The molecule has 0 unspecified atom stereocenters. The SMILES string of the molecule is C[C@H](CN)NS(=O)(=O)c1ccc(CN(C)C)cc1. The van der Waals surface area contributed by atoms with Crippen LogP contribution in [0.25, 0.3) is 0 Å². The van der Waals surface area contributed by atoms with E-state index >= 15 is 0 Å². The van der Waals surface area contributed by atoms with Crippen LogP contribution in [0, 0.1) is 0 Å². The van der Waals surface area contributed by atoms with Crippen molar-refractivity contribution in [2.24, 2.45) is 5.73 Å². The molecule has 6 heteroatoms. The Morgan fingerprint density at radius 3 is 2.28 bits per heavy atom. The molecule has 0 saturated carbocycles. The molecule has 0 aromatic heterocycles. The van der Waals surface area contributed by atoms with Crippen LogP contribution in [0.2, 0.25) is 0 Å². The Bertz CT molecular complexity index is 469. The molecule has 0 amide bonds. The van der Waals surface area contributed by atoms with Crippen molar-refractivity contribution in [2.45, 2.75) is 24.4 Å². The van der Waals surface area contributed by atoms with Crippen molar-refractivity contribution in [1.29, 1.82) is 0 Å². The largest absolute Gasteiger partial charge is 0.329 e. The molecule has 0 saturated heterocycles. The summed E-state index contributed by atoms with van der Waals surface area (Å²) in [6.45, 7) is 2.79. The first kappa shape index (κ1) is 15.1. The third-order valence-electron chi connectivity index (χ3n) is 2.44. The minimum absolute atomic E-state index is 0.267. The van der Waals surface area contributed by atoms with Gasteiger partial charge in [-0.1, -0.05) is 12.1 Å². The lowest BCUT2D eigenvalue weighted by molar-refractivity contribution is 0.402. The molecule has 0 fully saturated rings. The molecule has 0 spiro atoms. The van der Waals surface area contributed by atoms with Crippen LogP contribution in [-0.2, 0) is 16.6 Å². The van der Waals surface area contributed by atoms with Gasteiger partial charge in [-0.15, -0.1) is 0 Å². The first-order chi connectivity index (χ1) is 8.35. The summed E-state index contributed by atoms with van der Waals surface area (Å²) in [7, 11) is 0.474. The summed E-state index contributed by atoms with van der Waals surface area (Å²) < 4.78 is 26.4. The Morgan fingerprint density at radius 1 is 1.28 bits per heavy atom. The standard InChI is InChI=1S/C12H21N3O2S/c1-10(8-13)14-18(16,17)12-6-4-11(5-7-12)9-15(2)3/h4-7,10,14H,8-9,13H2,1-3H3/t10-/m1/s1. The second-order valence-electron chi connectivity index (χ2n) is 4.64. The molecule has 0 heterocycles. The molecule has 0 aliphatic rings. The predicted octanol–water partition coefficient (Wildman–Crippen LogP) is 0.374. The van der Waals surface area contributed by atoms with Gasteiger partial charge in [-0.05, 0) is 38.7 Å². The van der Waals surface area contributed by atoms with Gasteiger partial charge in [0.15, 0.2) is 0 Å². The lowest BCUT2D eigenvalue weighted by Crippen LogP contribution is -2.37. The highest BCUT2D eigenvalue weighted by Crippen LogP contribution is 2.11. The molecule has 0 radical (unpaired) electrons. The smallest absolute Gasteiger partial charge is 0.240 e.